The number of aromatic nitrogens is 4. The summed E-state index contributed by atoms with van der Waals surface area (Å²) in [7, 11) is 1.60. The highest BCUT2D eigenvalue weighted by molar-refractivity contribution is 7.99. The van der Waals surface area contributed by atoms with Crippen LogP contribution in [0.2, 0.25) is 0 Å². The zero-order valence-electron chi connectivity index (χ0n) is 15.7. The second-order valence-electron chi connectivity index (χ2n) is 7.30. The predicted molar refractivity (Wildman–Crippen MR) is 105 cm³/mol. The maximum Gasteiger partial charge on any atom is 0.240 e. The Hall–Kier alpha value is -2.68. The number of hydrogen-bond donors (Lipinski definition) is 2. The van der Waals surface area contributed by atoms with Gasteiger partial charge in [0.05, 0.1) is 12.3 Å². The van der Waals surface area contributed by atoms with Crippen LogP contribution in [0.1, 0.15) is 20.8 Å². The minimum Gasteiger partial charge on any atom is -0.350 e. The number of likely N-dealkylation sites (N-methyl/N-ethyl adjacent to an activating group) is 1. The number of thioether (sulfide) groups is 1. The summed E-state index contributed by atoms with van der Waals surface area (Å²) in [6.45, 7) is 5.70. The van der Waals surface area contributed by atoms with Gasteiger partial charge in [0.25, 0.3) is 0 Å². The van der Waals surface area contributed by atoms with E-state index in [4.69, 9.17) is 0 Å². The summed E-state index contributed by atoms with van der Waals surface area (Å²) in [5.74, 6) is -0.239. The van der Waals surface area contributed by atoms with Crippen molar-refractivity contribution in [1.82, 2.24) is 30.4 Å². The lowest BCUT2D eigenvalue weighted by molar-refractivity contribution is -0.133. The number of amides is 2. The summed E-state index contributed by atoms with van der Waals surface area (Å²) in [4.78, 5) is 33.2. The Morgan fingerprint density at radius 1 is 1.22 bits per heavy atom. The van der Waals surface area contributed by atoms with Crippen LogP contribution in [0.25, 0.3) is 22.1 Å². The number of rotatable bonds is 5. The maximum absolute atomic E-state index is 12.3. The molecule has 0 atom stereocenters. The molecule has 0 saturated heterocycles. The molecule has 0 aliphatic carbocycles. The van der Waals surface area contributed by atoms with Crippen LogP contribution >= 0.6 is 11.8 Å². The summed E-state index contributed by atoms with van der Waals surface area (Å²) in [6.07, 6.45) is 0. The zero-order chi connectivity index (χ0) is 19.6. The van der Waals surface area contributed by atoms with Gasteiger partial charge in [-0.3, -0.25) is 9.59 Å². The molecule has 27 heavy (non-hydrogen) atoms. The number of aromatic amines is 1. The van der Waals surface area contributed by atoms with Gasteiger partial charge in [-0.2, -0.15) is 0 Å². The quantitative estimate of drug-likeness (QED) is 0.650. The Balaban J connectivity index is 1.61. The third kappa shape index (κ3) is 4.73. The van der Waals surface area contributed by atoms with Crippen molar-refractivity contribution in [3.8, 4) is 0 Å². The Morgan fingerprint density at radius 3 is 2.70 bits per heavy atom. The average molecular weight is 386 g/mol. The van der Waals surface area contributed by atoms with E-state index in [0.717, 1.165) is 10.9 Å². The first-order valence-electron chi connectivity index (χ1n) is 8.52. The van der Waals surface area contributed by atoms with E-state index >= 15 is 0 Å². The second kappa shape index (κ2) is 7.51. The molecule has 8 nitrogen and oxygen atoms in total. The molecular weight excluding hydrogens is 364 g/mol. The van der Waals surface area contributed by atoms with Crippen molar-refractivity contribution < 1.29 is 9.59 Å². The minimum absolute atomic E-state index is 0.0107. The molecule has 0 aliphatic heterocycles. The number of benzene rings is 1. The molecule has 0 fully saturated rings. The van der Waals surface area contributed by atoms with Crippen LogP contribution in [0.3, 0.4) is 0 Å². The van der Waals surface area contributed by atoms with Crippen molar-refractivity contribution in [3.05, 3.63) is 24.3 Å². The van der Waals surface area contributed by atoms with E-state index in [-0.39, 0.29) is 29.7 Å². The first-order valence-corrected chi connectivity index (χ1v) is 9.50. The first kappa shape index (κ1) is 19.1. The van der Waals surface area contributed by atoms with E-state index in [1.165, 1.54) is 16.7 Å². The Morgan fingerprint density at radius 2 is 1.96 bits per heavy atom. The van der Waals surface area contributed by atoms with E-state index in [1.807, 2.05) is 45.0 Å². The van der Waals surface area contributed by atoms with Gasteiger partial charge < -0.3 is 15.2 Å². The van der Waals surface area contributed by atoms with Gasteiger partial charge in [0.15, 0.2) is 5.65 Å². The highest BCUT2D eigenvalue weighted by Gasteiger charge is 2.18. The standard InChI is InChI=1S/C18H22N6O2S/c1-18(2,3)21-13(25)9-24(4)14(26)10-27-17-20-16-15(22-23-17)11-7-5-6-8-12(11)19-16/h5-8H,9-10H2,1-4H3,(H,21,25)(H,19,20,23). The van der Waals surface area contributed by atoms with Crippen molar-refractivity contribution in [3.63, 3.8) is 0 Å². The molecule has 2 amide bonds. The number of carbonyl (C=O) groups excluding carboxylic acids is 2. The fraction of sp³-hybridized carbons (Fsp3) is 0.389. The largest absolute Gasteiger partial charge is 0.350 e. The molecule has 0 unspecified atom stereocenters. The van der Waals surface area contributed by atoms with Crippen molar-refractivity contribution in [2.45, 2.75) is 31.5 Å². The normalized spacial score (nSPS) is 11.7. The molecule has 2 N–H and O–H groups in total. The van der Waals surface area contributed by atoms with Crippen molar-refractivity contribution in [2.75, 3.05) is 19.3 Å². The molecule has 0 aliphatic rings. The van der Waals surface area contributed by atoms with Gasteiger partial charge in [-0.05, 0) is 26.8 Å². The zero-order valence-corrected chi connectivity index (χ0v) is 16.6. The SMILES string of the molecule is CN(CC(=O)NC(C)(C)C)C(=O)CSc1nnc2c(n1)[nH]c1ccccc12. The van der Waals surface area contributed by atoms with E-state index in [1.54, 1.807) is 7.05 Å². The highest BCUT2D eigenvalue weighted by atomic mass is 32.2. The number of nitrogens with zero attached hydrogens (tertiary/aromatic N) is 4. The van der Waals surface area contributed by atoms with Crippen molar-refractivity contribution in [1.29, 1.82) is 0 Å². The summed E-state index contributed by atoms with van der Waals surface area (Å²) in [5.41, 5.74) is 1.96. The Labute approximate surface area is 161 Å². The molecule has 0 bridgehead atoms. The molecular formula is C18H22N6O2S. The smallest absolute Gasteiger partial charge is 0.240 e. The molecule has 3 aromatic rings. The molecule has 0 spiro atoms. The first-order chi connectivity index (χ1) is 12.7. The number of H-pyrrole nitrogens is 1. The van der Waals surface area contributed by atoms with Crippen LogP contribution in [-0.2, 0) is 9.59 Å². The van der Waals surface area contributed by atoms with Crippen LogP contribution in [0, 0.1) is 0 Å². The summed E-state index contributed by atoms with van der Waals surface area (Å²) in [6, 6.07) is 7.78. The van der Waals surface area contributed by atoms with Gasteiger partial charge in [-0.25, -0.2) is 4.98 Å². The van der Waals surface area contributed by atoms with Crippen molar-refractivity contribution in [2.24, 2.45) is 0 Å². The van der Waals surface area contributed by atoms with Crippen molar-refractivity contribution >= 4 is 45.6 Å². The molecule has 1 aromatic carbocycles. The number of carbonyl (C=O) groups is 2. The van der Waals surface area contributed by atoms with Crippen LogP contribution in [0.5, 0.6) is 0 Å². The lowest BCUT2D eigenvalue weighted by Gasteiger charge is -2.23. The van der Waals surface area contributed by atoms with E-state index in [0.29, 0.717) is 16.3 Å². The molecule has 3 rings (SSSR count). The molecule has 9 heteroatoms. The summed E-state index contributed by atoms with van der Waals surface area (Å²) < 4.78 is 0. The predicted octanol–water partition coefficient (Wildman–Crippen LogP) is 1.97. The van der Waals surface area contributed by atoms with E-state index in [2.05, 4.69) is 25.5 Å². The molecule has 0 radical (unpaired) electrons. The van der Waals surface area contributed by atoms with Gasteiger partial charge in [0, 0.05) is 23.5 Å². The number of nitrogens with one attached hydrogen (secondary N) is 2. The molecule has 2 aromatic heterocycles. The average Bonchev–Trinajstić information content (AvgIpc) is 2.95. The third-order valence-corrected chi connectivity index (χ3v) is 4.57. The van der Waals surface area contributed by atoms with Crippen LogP contribution in [-0.4, -0.2) is 61.8 Å². The van der Waals surface area contributed by atoms with Gasteiger partial charge in [0.1, 0.15) is 5.52 Å². The van der Waals surface area contributed by atoms with E-state index < -0.39 is 0 Å². The number of hydrogen-bond acceptors (Lipinski definition) is 6. The van der Waals surface area contributed by atoms with Gasteiger partial charge in [-0.1, -0.05) is 30.0 Å². The fourth-order valence-electron chi connectivity index (χ4n) is 2.56. The molecule has 0 saturated carbocycles. The van der Waals surface area contributed by atoms with Crippen LogP contribution < -0.4 is 5.32 Å². The third-order valence-electron chi connectivity index (χ3n) is 3.75. The summed E-state index contributed by atoms with van der Waals surface area (Å²) in [5, 5.41) is 12.5. The minimum atomic E-state index is -0.329. The van der Waals surface area contributed by atoms with Crippen LogP contribution in [0.15, 0.2) is 29.4 Å². The van der Waals surface area contributed by atoms with E-state index in [9.17, 15) is 9.59 Å². The molecule has 142 valence electrons. The fourth-order valence-corrected chi connectivity index (χ4v) is 3.29. The number of para-hydroxylation sites is 1. The molecule has 2 heterocycles. The number of fused-ring (bicyclic) bond motifs is 3. The Bertz CT molecular complexity index is 994. The van der Waals surface area contributed by atoms with Gasteiger partial charge in [0.2, 0.25) is 17.0 Å². The lowest BCUT2D eigenvalue weighted by Crippen LogP contribution is -2.46. The maximum atomic E-state index is 12.3. The monoisotopic (exact) mass is 386 g/mol. The lowest BCUT2D eigenvalue weighted by atomic mass is 10.1. The highest BCUT2D eigenvalue weighted by Crippen LogP contribution is 2.23. The van der Waals surface area contributed by atoms with Crippen LogP contribution in [0.4, 0.5) is 0 Å². The van der Waals surface area contributed by atoms with Gasteiger partial charge in [-0.15, -0.1) is 10.2 Å². The van der Waals surface area contributed by atoms with Gasteiger partial charge >= 0.3 is 0 Å². The Kier molecular flexibility index (Phi) is 5.31. The summed E-state index contributed by atoms with van der Waals surface area (Å²) >= 11 is 1.19. The second-order valence-corrected chi connectivity index (χ2v) is 8.24. The topological polar surface area (TPSA) is 104 Å².